The van der Waals surface area contributed by atoms with Crippen LogP contribution in [0.4, 0.5) is 0 Å². The molecular weight excluding hydrogens is 384 g/mol. The lowest BCUT2D eigenvalue weighted by Crippen LogP contribution is -2.29. The highest BCUT2D eigenvalue weighted by atomic mass is 16.5. The monoisotopic (exact) mass is 404 g/mol. The van der Waals surface area contributed by atoms with Gasteiger partial charge in [-0.15, -0.1) is 0 Å². The van der Waals surface area contributed by atoms with E-state index in [1.54, 1.807) is 62.0 Å². The zero-order valence-corrected chi connectivity index (χ0v) is 16.5. The zero-order valence-electron chi connectivity index (χ0n) is 16.5. The number of aryl methyl sites for hydroxylation is 1. The van der Waals surface area contributed by atoms with Crippen molar-refractivity contribution in [1.82, 2.24) is 9.88 Å². The molecule has 3 heterocycles. The number of furan rings is 1. The molecule has 7 heteroatoms. The fourth-order valence-corrected chi connectivity index (χ4v) is 3.69. The molecule has 7 nitrogen and oxygen atoms in total. The van der Waals surface area contributed by atoms with Crippen molar-refractivity contribution in [3.05, 3.63) is 89.1 Å². The Morgan fingerprint density at radius 1 is 1.20 bits per heavy atom. The number of hydrogen-bond acceptors (Lipinski definition) is 6. The van der Waals surface area contributed by atoms with Crippen molar-refractivity contribution in [2.45, 2.75) is 19.5 Å². The van der Waals surface area contributed by atoms with Crippen molar-refractivity contribution in [2.75, 3.05) is 7.11 Å². The molecule has 0 radical (unpaired) electrons. The van der Waals surface area contributed by atoms with Crippen molar-refractivity contribution >= 4 is 17.4 Å². The third-order valence-corrected chi connectivity index (χ3v) is 5.14. The van der Waals surface area contributed by atoms with Gasteiger partial charge in [-0.1, -0.05) is 0 Å². The number of likely N-dealkylation sites (tertiary alicyclic amines) is 1. The van der Waals surface area contributed by atoms with Gasteiger partial charge >= 0.3 is 0 Å². The maximum Gasteiger partial charge on any atom is 0.296 e. The predicted octanol–water partition coefficient (Wildman–Crippen LogP) is 3.61. The van der Waals surface area contributed by atoms with Gasteiger partial charge in [0.15, 0.2) is 0 Å². The predicted molar refractivity (Wildman–Crippen MR) is 109 cm³/mol. The minimum Gasteiger partial charge on any atom is -0.507 e. The molecule has 152 valence electrons. The summed E-state index contributed by atoms with van der Waals surface area (Å²) in [5, 5.41) is 11.1. The van der Waals surface area contributed by atoms with E-state index in [-0.39, 0.29) is 17.9 Å². The Balaban J connectivity index is 1.85. The maximum absolute atomic E-state index is 13.0. The minimum atomic E-state index is -0.763. The summed E-state index contributed by atoms with van der Waals surface area (Å²) < 4.78 is 10.6. The number of ether oxygens (including phenoxy) is 1. The first-order valence-corrected chi connectivity index (χ1v) is 9.37. The van der Waals surface area contributed by atoms with Gasteiger partial charge in [0.2, 0.25) is 0 Å². The summed E-state index contributed by atoms with van der Waals surface area (Å²) >= 11 is 0. The number of pyridine rings is 1. The molecule has 3 aromatic rings. The molecule has 1 N–H and O–H groups in total. The minimum absolute atomic E-state index is 0.0299. The molecule has 1 amide bonds. The van der Waals surface area contributed by atoms with E-state index in [2.05, 4.69) is 4.98 Å². The second-order valence-corrected chi connectivity index (χ2v) is 6.97. The Morgan fingerprint density at radius 3 is 2.60 bits per heavy atom. The quantitative estimate of drug-likeness (QED) is 0.397. The summed E-state index contributed by atoms with van der Waals surface area (Å²) in [6, 6.07) is 11.2. The summed E-state index contributed by atoms with van der Waals surface area (Å²) in [4.78, 5) is 31.3. The van der Waals surface area contributed by atoms with Gasteiger partial charge in [-0.3, -0.25) is 14.6 Å². The number of ketones is 1. The lowest BCUT2D eigenvalue weighted by atomic mass is 9.95. The Hall–Kier alpha value is -3.87. The second kappa shape index (κ2) is 7.87. The number of carbonyl (C=O) groups excluding carboxylic acids is 2. The summed E-state index contributed by atoms with van der Waals surface area (Å²) in [5.41, 5.74) is 1.93. The number of amides is 1. The van der Waals surface area contributed by atoms with Gasteiger partial charge in [0.05, 0.1) is 31.5 Å². The van der Waals surface area contributed by atoms with E-state index in [0.29, 0.717) is 22.6 Å². The van der Waals surface area contributed by atoms with Crippen LogP contribution >= 0.6 is 0 Å². The second-order valence-electron chi connectivity index (χ2n) is 6.97. The Bertz CT molecular complexity index is 1120. The smallest absolute Gasteiger partial charge is 0.296 e. The fraction of sp³-hybridized carbons (Fsp3) is 0.174. The molecule has 1 fully saturated rings. The van der Waals surface area contributed by atoms with Crippen molar-refractivity contribution in [2.24, 2.45) is 0 Å². The van der Waals surface area contributed by atoms with E-state index in [1.165, 1.54) is 11.2 Å². The number of nitrogens with zero attached hydrogens (tertiary/aromatic N) is 2. The summed E-state index contributed by atoms with van der Waals surface area (Å²) in [6.45, 7) is 1.94. The molecule has 30 heavy (non-hydrogen) atoms. The van der Waals surface area contributed by atoms with Crippen LogP contribution in [0.1, 0.15) is 28.5 Å². The number of aliphatic hydroxyl groups excluding tert-OH is 1. The van der Waals surface area contributed by atoms with Gasteiger partial charge in [0.25, 0.3) is 11.7 Å². The van der Waals surface area contributed by atoms with E-state index >= 15 is 0 Å². The molecular formula is C23H20N2O5. The molecule has 1 aliphatic rings. The van der Waals surface area contributed by atoms with Gasteiger partial charge in [0.1, 0.15) is 17.3 Å². The number of hydrogen-bond donors (Lipinski definition) is 1. The van der Waals surface area contributed by atoms with E-state index in [4.69, 9.17) is 9.15 Å². The number of benzene rings is 1. The first-order chi connectivity index (χ1) is 14.5. The van der Waals surface area contributed by atoms with Crippen molar-refractivity contribution in [1.29, 1.82) is 0 Å². The molecule has 4 rings (SSSR count). The highest BCUT2D eigenvalue weighted by Crippen LogP contribution is 2.40. The first kappa shape index (κ1) is 19.4. The molecule has 1 aromatic carbocycles. The highest BCUT2D eigenvalue weighted by molar-refractivity contribution is 6.46. The summed E-state index contributed by atoms with van der Waals surface area (Å²) in [5.74, 6) is -0.469. The highest BCUT2D eigenvalue weighted by Gasteiger charge is 2.46. The van der Waals surface area contributed by atoms with Gasteiger partial charge in [0, 0.05) is 18.0 Å². The average Bonchev–Trinajstić information content (AvgIpc) is 3.36. The Morgan fingerprint density at radius 2 is 1.97 bits per heavy atom. The van der Waals surface area contributed by atoms with E-state index in [0.717, 1.165) is 5.56 Å². The van der Waals surface area contributed by atoms with Crippen LogP contribution in [0.5, 0.6) is 5.75 Å². The Labute approximate surface area is 173 Å². The molecule has 1 aliphatic heterocycles. The standard InChI is InChI=1S/C23H20N2O5/c1-14-12-16(5-6-18(14)29-2)21(26)19-20(15-7-9-24-10-8-15)25(23(28)22(19)27)13-17-4-3-11-30-17/h3-12,20,26H,13H2,1-2H3/b21-19-. The van der Waals surface area contributed by atoms with Gasteiger partial charge in [-0.05, 0) is 60.5 Å². The number of rotatable bonds is 5. The molecule has 2 aromatic heterocycles. The van der Waals surface area contributed by atoms with E-state index in [1.807, 2.05) is 6.92 Å². The third-order valence-electron chi connectivity index (χ3n) is 5.14. The molecule has 1 saturated heterocycles. The van der Waals surface area contributed by atoms with Gasteiger partial charge < -0.3 is 19.2 Å². The molecule has 1 atom stereocenters. The van der Waals surface area contributed by atoms with Crippen LogP contribution in [0.15, 0.2) is 71.1 Å². The van der Waals surface area contributed by atoms with Crippen molar-refractivity contribution in [3.8, 4) is 5.75 Å². The van der Waals surface area contributed by atoms with Crippen LogP contribution in [0, 0.1) is 6.92 Å². The molecule has 0 saturated carbocycles. The van der Waals surface area contributed by atoms with Crippen LogP contribution in [0.25, 0.3) is 5.76 Å². The van der Waals surface area contributed by atoms with Crippen LogP contribution in [-0.2, 0) is 16.1 Å². The van der Waals surface area contributed by atoms with E-state index in [9.17, 15) is 14.7 Å². The van der Waals surface area contributed by atoms with Crippen LogP contribution < -0.4 is 4.74 Å². The van der Waals surface area contributed by atoms with Gasteiger partial charge in [-0.2, -0.15) is 0 Å². The topological polar surface area (TPSA) is 92.9 Å². The van der Waals surface area contributed by atoms with Crippen LogP contribution in [0.3, 0.4) is 0 Å². The lowest BCUT2D eigenvalue weighted by Gasteiger charge is -2.24. The third kappa shape index (κ3) is 3.34. The van der Waals surface area contributed by atoms with Crippen LogP contribution in [-0.4, -0.2) is 33.8 Å². The number of carbonyl (C=O) groups is 2. The number of Topliss-reactive ketones (excluding diaryl/α,β-unsaturated/α-hetero) is 1. The summed E-state index contributed by atoms with van der Waals surface area (Å²) in [7, 11) is 1.56. The molecule has 0 aliphatic carbocycles. The fourth-order valence-electron chi connectivity index (χ4n) is 3.69. The zero-order chi connectivity index (χ0) is 21.3. The number of methoxy groups -OCH3 is 1. The van der Waals surface area contributed by atoms with Crippen LogP contribution in [0.2, 0.25) is 0 Å². The molecule has 1 unspecified atom stereocenters. The van der Waals surface area contributed by atoms with Crippen molar-refractivity contribution in [3.63, 3.8) is 0 Å². The summed E-state index contributed by atoms with van der Waals surface area (Å²) in [6.07, 6.45) is 4.67. The molecule has 0 bridgehead atoms. The first-order valence-electron chi connectivity index (χ1n) is 9.37. The van der Waals surface area contributed by atoms with Crippen molar-refractivity contribution < 1.29 is 23.8 Å². The SMILES string of the molecule is COc1ccc(/C(O)=C2/C(=O)C(=O)N(Cc3ccco3)C2c2ccncc2)cc1C. The largest absolute Gasteiger partial charge is 0.507 e. The lowest BCUT2D eigenvalue weighted by molar-refractivity contribution is -0.140. The number of aliphatic hydroxyl groups is 1. The Kier molecular flexibility index (Phi) is 5.10. The average molecular weight is 404 g/mol. The normalized spacial score (nSPS) is 18.1. The molecule has 0 spiro atoms. The number of aromatic nitrogens is 1. The maximum atomic E-state index is 13.0. The van der Waals surface area contributed by atoms with Gasteiger partial charge in [-0.25, -0.2) is 0 Å². The van der Waals surface area contributed by atoms with E-state index < -0.39 is 17.7 Å².